The van der Waals surface area contributed by atoms with Gasteiger partial charge in [-0.3, -0.25) is 0 Å². The van der Waals surface area contributed by atoms with Crippen molar-refractivity contribution in [3.05, 3.63) is 28.8 Å². The average molecular weight is 317 g/mol. The summed E-state index contributed by atoms with van der Waals surface area (Å²) >= 11 is 9.73. The van der Waals surface area contributed by atoms with Crippen molar-refractivity contribution in [3.8, 4) is 0 Å². The molecule has 1 aliphatic heterocycles. The Morgan fingerprint density at radius 1 is 1.35 bits per heavy atom. The summed E-state index contributed by atoms with van der Waals surface area (Å²) in [7, 11) is 0. The molecular weight excluding hydrogens is 298 g/mol. The van der Waals surface area contributed by atoms with E-state index in [2.05, 4.69) is 52.9 Å². The highest BCUT2D eigenvalue weighted by Crippen LogP contribution is 2.31. The lowest BCUT2D eigenvalue weighted by molar-refractivity contribution is 0.390. The predicted molar refractivity (Wildman–Crippen MR) is 79.3 cm³/mol. The second-order valence-electron chi connectivity index (χ2n) is 5.09. The maximum absolute atomic E-state index is 6.28. The monoisotopic (exact) mass is 315 g/mol. The van der Waals surface area contributed by atoms with Crippen LogP contribution in [0.4, 0.5) is 5.69 Å². The van der Waals surface area contributed by atoms with E-state index in [-0.39, 0.29) is 0 Å². The first-order chi connectivity index (χ1) is 8.11. The molecule has 0 radical (unpaired) electrons. The van der Waals surface area contributed by atoms with Gasteiger partial charge >= 0.3 is 0 Å². The van der Waals surface area contributed by atoms with Gasteiger partial charge in [-0.05, 0) is 43.4 Å². The fourth-order valence-corrected chi connectivity index (χ4v) is 3.36. The van der Waals surface area contributed by atoms with Gasteiger partial charge in [0.25, 0.3) is 0 Å². The van der Waals surface area contributed by atoms with Crippen molar-refractivity contribution in [2.45, 2.75) is 38.1 Å². The molecule has 0 N–H and O–H groups in total. The Balaban J connectivity index is 2.23. The zero-order valence-corrected chi connectivity index (χ0v) is 12.8. The molecule has 1 aliphatic rings. The van der Waals surface area contributed by atoms with Gasteiger partial charge in [-0.25, -0.2) is 0 Å². The van der Waals surface area contributed by atoms with E-state index in [1.54, 1.807) is 0 Å². The van der Waals surface area contributed by atoms with E-state index in [0.29, 0.717) is 6.04 Å². The van der Waals surface area contributed by atoms with Gasteiger partial charge in [0.1, 0.15) is 0 Å². The number of piperidine rings is 1. The van der Waals surface area contributed by atoms with Crippen LogP contribution in [0.2, 0.25) is 5.02 Å². The second kappa shape index (κ2) is 5.62. The summed E-state index contributed by atoms with van der Waals surface area (Å²) in [6.07, 6.45) is 2.61. The normalized spacial score (nSPS) is 25.1. The van der Waals surface area contributed by atoms with Crippen molar-refractivity contribution in [1.29, 1.82) is 0 Å². The zero-order valence-electron chi connectivity index (χ0n) is 10.4. The van der Waals surface area contributed by atoms with Gasteiger partial charge in [0.2, 0.25) is 0 Å². The molecule has 1 nitrogen and oxygen atoms in total. The smallest absolute Gasteiger partial charge is 0.0467 e. The topological polar surface area (TPSA) is 3.24 Å². The molecule has 3 heteroatoms. The van der Waals surface area contributed by atoms with Crippen LogP contribution in [0.1, 0.15) is 32.3 Å². The fourth-order valence-electron chi connectivity index (χ4n) is 2.47. The summed E-state index contributed by atoms with van der Waals surface area (Å²) in [4.78, 5) is 2.48. The van der Waals surface area contributed by atoms with Crippen molar-refractivity contribution in [2.24, 2.45) is 5.92 Å². The lowest BCUT2D eigenvalue weighted by Crippen LogP contribution is -2.41. The highest BCUT2D eigenvalue weighted by Gasteiger charge is 2.23. The van der Waals surface area contributed by atoms with Crippen LogP contribution in [-0.4, -0.2) is 12.6 Å². The third kappa shape index (κ3) is 2.97. The van der Waals surface area contributed by atoms with Gasteiger partial charge in [-0.1, -0.05) is 40.5 Å². The van der Waals surface area contributed by atoms with Gasteiger partial charge in [-0.15, -0.1) is 0 Å². The molecule has 0 aromatic heterocycles. The molecule has 1 fully saturated rings. The summed E-state index contributed by atoms with van der Waals surface area (Å²) in [5, 5.41) is 1.68. The third-order valence-corrected chi connectivity index (χ3v) is 4.59. The Hall–Kier alpha value is -0.210. The van der Waals surface area contributed by atoms with Crippen LogP contribution in [0, 0.1) is 5.92 Å². The Morgan fingerprint density at radius 2 is 2.12 bits per heavy atom. The highest BCUT2D eigenvalue weighted by atomic mass is 79.9. The molecule has 2 unspecified atom stereocenters. The van der Waals surface area contributed by atoms with E-state index in [0.717, 1.165) is 28.4 Å². The van der Waals surface area contributed by atoms with Gasteiger partial charge in [0.05, 0.1) is 0 Å². The molecule has 0 amide bonds. The number of nitrogens with zero attached hydrogens (tertiary/aromatic N) is 1. The Kier molecular flexibility index (Phi) is 4.37. The fraction of sp³-hybridized carbons (Fsp3) is 0.571. The molecule has 0 aliphatic carbocycles. The molecule has 1 saturated heterocycles. The largest absolute Gasteiger partial charge is 0.369 e. The molecule has 0 spiro atoms. The van der Waals surface area contributed by atoms with E-state index < -0.39 is 0 Å². The lowest BCUT2D eigenvalue weighted by Gasteiger charge is -2.38. The molecule has 17 heavy (non-hydrogen) atoms. The molecule has 2 rings (SSSR count). The van der Waals surface area contributed by atoms with Crippen LogP contribution in [0.15, 0.2) is 18.2 Å². The quantitative estimate of drug-likeness (QED) is 0.704. The molecule has 1 aromatic carbocycles. The van der Waals surface area contributed by atoms with Crippen LogP contribution >= 0.6 is 27.5 Å². The Bertz CT molecular complexity index is 394. The van der Waals surface area contributed by atoms with Crippen molar-refractivity contribution in [3.63, 3.8) is 0 Å². The highest BCUT2D eigenvalue weighted by molar-refractivity contribution is 9.08. The molecular formula is C14H19BrClN. The number of anilines is 1. The van der Waals surface area contributed by atoms with Crippen LogP contribution in [0.3, 0.4) is 0 Å². The molecule has 1 aromatic rings. The summed E-state index contributed by atoms with van der Waals surface area (Å²) in [6.45, 7) is 5.77. The number of rotatable bonds is 2. The van der Waals surface area contributed by atoms with Crippen molar-refractivity contribution >= 4 is 33.2 Å². The SMILES string of the molecule is CC1CCC(C)N(c2ccc(CBr)c(Cl)c2)C1. The van der Waals surface area contributed by atoms with Crippen LogP contribution in [0.5, 0.6) is 0 Å². The van der Waals surface area contributed by atoms with Crippen LogP contribution in [0.25, 0.3) is 0 Å². The summed E-state index contributed by atoms with van der Waals surface area (Å²) < 4.78 is 0. The van der Waals surface area contributed by atoms with Crippen LogP contribution in [-0.2, 0) is 5.33 Å². The van der Waals surface area contributed by atoms with E-state index in [1.165, 1.54) is 18.5 Å². The van der Waals surface area contributed by atoms with E-state index in [9.17, 15) is 0 Å². The minimum atomic E-state index is 0.622. The van der Waals surface area contributed by atoms with Crippen molar-refractivity contribution in [2.75, 3.05) is 11.4 Å². The standard InChI is InChI=1S/C14H19BrClN/c1-10-3-4-11(2)17(9-10)13-6-5-12(8-15)14(16)7-13/h5-7,10-11H,3-4,8-9H2,1-2H3. The summed E-state index contributed by atoms with van der Waals surface area (Å²) in [5.41, 5.74) is 2.42. The Morgan fingerprint density at radius 3 is 2.76 bits per heavy atom. The van der Waals surface area contributed by atoms with Gasteiger partial charge in [0.15, 0.2) is 0 Å². The van der Waals surface area contributed by atoms with Crippen LogP contribution < -0.4 is 4.90 Å². The molecule has 94 valence electrons. The number of benzene rings is 1. The van der Waals surface area contributed by atoms with Gasteiger partial charge in [-0.2, -0.15) is 0 Å². The number of hydrogen-bond donors (Lipinski definition) is 0. The molecule has 1 heterocycles. The van der Waals surface area contributed by atoms with Gasteiger partial charge < -0.3 is 4.90 Å². The maximum atomic E-state index is 6.28. The average Bonchev–Trinajstić information content (AvgIpc) is 2.32. The number of hydrogen-bond acceptors (Lipinski definition) is 1. The zero-order chi connectivity index (χ0) is 12.4. The number of alkyl halides is 1. The molecule has 0 saturated carbocycles. The first kappa shape index (κ1) is 13.2. The molecule has 0 bridgehead atoms. The van der Waals surface area contributed by atoms with E-state index in [1.807, 2.05) is 0 Å². The van der Waals surface area contributed by atoms with Crippen molar-refractivity contribution in [1.82, 2.24) is 0 Å². The second-order valence-corrected chi connectivity index (χ2v) is 6.06. The minimum absolute atomic E-state index is 0.622. The lowest BCUT2D eigenvalue weighted by atomic mass is 9.94. The first-order valence-electron chi connectivity index (χ1n) is 6.23. The molecule has 2 atom stereocenters. The summed E-state index contributed by atoms with van der Waals surface area (Å²) in [6, 6.07) is 7.04. The Labute approximate surface area is 117 Å². The summed E-state index contributed by atoms with van der Waals surface area (Å²) in [5.74, 6) is 0.779. The van der Waals surface area contributed by atoms with Crippen molar-refractivity contribution < 1.29 is 0 Å². The maximum Gasteiger partial charge on any atom is 0.0467 e. The first-order valence-corrected chi connectivity index (χ1v) is 7.72. The van der Waals surface area contributed by atoms with E-state index in [4.69, 9.17) is 11.6 Å². The van der Waals surface area contributed by atoms with Gasteiger partial charge in [0, 0.05) is 28.6 Å². The predicted octanol–water partition coefficient (Wildman–Crippen LogP) is 4.86. The number of halogens is 2. The van der Waals surface area contributed by atoms with E-state index >= 15 is 0 Å². The minimum Gasteiger partial charge on any atom is -0.369 e. The third-order valence-electron chi connectivity index (χ3n) is 3.63.